The molecule has 21 heavy (non-hydrogen) atoms. The molecular weight excluding hydrogens is 336 g/mol. The van der Waals surface area contributed by atoms with E-state index in [0.29, 0.717) is 0 Å². The Morgan fingerprint density at radius 1 is 1.19 bits per heavy atom. The summed E-state index contributed by atoms with van der Waals surface area (Å²) in [5, 5.41) is 14.1. The number of nitrogens with one attached hydrogen (secondary N) is 1. The van der Waals surface area contributed by atoms with Gasteiger partial charge in [0.15, 0.2) is 0 Å². The van der Waals surface area contributed by atoms with E-state index in [-0.39, 0.29) is 17.5 Å². The Morgan fingerprint density at radius 3 is 2.33 bits per heavy atom. The Kier molecular flexibility index (Phi) is 5.16. The zero-order valence-electron chi connectivity index (χ0n) is 11.5. The predicted octanol–water partition coefficient (Wildman–Crippen LogP) is 3.89. The second kappa shape index (κ2) is 7.08. The number of ether oxygens (including phenoxy) is 1. The van der Waals surface area contributed by atoms with Gasteiger partial charge in [0.2, 0.25) is 6.54 Å². The molecule has 0 spiro atoms. The standard InChI is InChI=1S/C15H15BrN2O3/c1-21-14-8-6-13(7-9-14)17-15(10-18(19)20)11-2-4-12(16)5-3-11/h2-9,15,17H,10H2,1H3/t15-/m0/s1. The highest BCUT2D eigenvalue weighted by atomic mass is 79.9. The predicted molar refractivity (Wildman–Crippen MR) is 85.4 cm³/mol. The monoisotopic (exact) mass is 350 g/mol. The second-order valence-corrected chi connectivity index (χ2v) is 5.41. The molecule has 1 atom stereocenters. The maximum Gasteiger partial charge on any atom is 0.227 e. The molecule has 0 aliphatic heterocycles. The van der Waals surface area contributed by atoms with Crippen molar-refractivity contribution in [2.24, 2.45) is 0 Å². The average molecular weight is 351 g/mol. The lowest BCUT2D eigenvalue weighted by molar-refractivity contribution is -0.482. The van der Waals surface area contributed by atoms with Crippen LogP contribution in [0, 0.1) is 10.1 Å². The Bertz CT molecular complexity index is 599. The van der Waals surface area contributed by atoms with Gasteiger partial charge in [-0.3, -0.25) is 10.1 Å². The van der Waals surface area contributed by atoms with Crippen LogP contribution in [0.1, 0.15) is 11.6 Å². The van der Waals surface area contributed by atoms with E-state index in [0.717, 1.165) is 21.5 Å². The second-order valence-electron chi connectivity index (χ2n) is 4.49. The maximum atomic E-state index is 10.9. The molecule has 6 heteroatoms. The molecule has 0 radical (unpaired) electrons. The van der Waals surface area contributed by atoms with E-state index in [1.807, 2.05) is 48.5 Å². The molecule has 0 unspecified atom stereocenters. The van der Waals surface area contributed by atoms with Gasteiger partial charge in [0.1, 0.15) is 11.8 Å². The van der Waals surface area contributed by atoms with Crippen molar-refractivity contribution in [1.29, 1.82) is 0 Å². The molecule has 0 aromatic heterocycles. The first-order chi connectivity index (χ1) is 10.1. The van der Waals surface area contributed by atoms with Gasteiger partial charge in [-0.25, -0.2) is 0 Å². The fourth-order valence-electron chi connectivity index (χ4n) is 1.97. The Hall–Kier alpha value is -2.08. The molecule has 0 aliphatic carbocycles. The SMILES string of the molecule is COc1ccc(N[C@@H](C[N+](=O)[O-])c2ccc(Br)cc2)cc1. The summed E-state index contributed by atoms with van der Waals surface area (Å²) in [4.78, 5) is 10.6. The minimum absolute atomic E-state index is 0.187. The summed E-state index contributed by atoms with van der Waals surface area (Å²) < 4.78 is 6.04. The van der Waals surface area contributed by atoms with E-state index in [9.17, 15) is 10.1 Å². The summed E-state index contributed by atoms with van der Waals surface area (Å²) in [6.45, 7) is -0.187. The molecule has 0 bridgehead atoms. The maximum absolute atomic E-state index is 10.9. The molecular formula is C15H15BrN2O3. The van der Waals surface area contributed by atoms with Crippen LogP contribution in [0.5, 0.6) is 5.75 Å². The zero-order chi connectivity index (χ0) is 15.2. The van der Waals surface area contributed by atoms with Gasteiger partial charge < -0.3 is 10.1 Å². The van der Waals surface area contributed by atoms with Gasteiger partial charge in [-0.15, -0.1) is 0 Å². The molecule has 0 heterocycles. The van der Waals surface area contributed by atoms with Crippen molar-refractivity contribution in [2.75, 3.05) is 19.0 Å². The third kappa shape index (κ3) is 4.46. The molecule has 0 fully saturated rings. The fourth-order valence-corrected chi connectivity index (χ4v) is 2.23. The summed E-state index contributed by atoms with van der Waals surface area (Å²) in [6, 6.07) is 14.4. The van der Waals surface area contributed by atoms with E-state index in [1.54, 1.807) is 7.11 Å². The molecule has 1 N–H and O–H groups in total. The first-order valence-corrected chi connectivity index (χ1v) is 7.15. The highest BCUT2D eigenvalue weighted by Gasteiger charge is 2.17. The first-order valence-electron chi connectivity index (χ1n) is 6.36. The number of methoxy groups -OCH3 is 1. The third-order valence-electron chi connectivity index (χ3n) is 3.03. The molecule has 2 rings (SSSR count). The number of nitro groups is 1. The quantitative estimate of drug-likeness (QED) is 0.634. The van der Waals surface area contributed by atoms with Crippen molar-refractivity contribution in [1.82, 2.24) is 0 Å². The van der Waals surface area contributed by atoms with Crippen LogP contribution in [0.3, 0.4) is 0 Å². The van der Waals surface area contributed by atoms with E-state index < -0.39 is 0 Å². The number of hydrogen-bond acceptors (Lipinski definition) is 4. The molecule has 0 saturated carbocycles. The van der Waals surface area contributed by atoms with Gasteiger partial charge in [0, 0.05) is 15.1 Å². The highest BCUT2D eigenvalue weighted by Crippen LogP contribution is 2.23. The topological polar surface area (TPSA) is 64.4 Å². The molecule has 2 aromatic carbocycles. The van der Waals surface area contributed by atoms with Gasteiger partial charge in [-0.05, 0) is 42.0 Å². The first kappa shape index (κ1) is 15.3. The number of nitrogens with zero attached hydrogens (tertiary/aromatic N) is 1. The number of benzene rings is 2. The van der Waals surface area contributed by atoms with Gasteiger partial charge in [0.05, 0.1) is 7.11 Å². The molecule has 2 aromatic rings. The van der Waals surface area contributed by atoms with Crippen LogP contribution in [0.4, 0.5) is 5.69 Å². The lowest BCUT2D eigenvalue weighted by Gasteiger charge is -2.17. The van der Waals surface area contributed by atoms with Crippen molar-refractivity contribution >= 4 is 21.6 Å². The summed E-state index contributed by atoms with van der Waals surface area (Å²) in [5.74, 6) is 0.745. The zero-order valence-corrected chi connectivity index (χ0v) is 13.0. The Labute approximate surface area is 131 Å². The highest BCUT2D eigenvalue weighted by molar-refractivity contribution is 9.10. The van der Waals surface area contributed by atoms with E-state index in [2.05, 4.69) is 21.2 Å². The van der Waals surface area contributed by atoms with Crippen LogP contribution in [-0.2, 0) is 0 Å². The lowest BCUT2D eigenvalue weighted by atomic mass is 10.1. The van der Waals surface area contributed by atoms with Crippen LogP contribution in [-0.4, -0.2) is 18.6 Å². The Balaban J connectivity index is 2.19. The summed E-state index contributed by atoms with van der Waals surface area (Å²) in [7, 11) is 1.60. The molecule has 0 amide bonds. The largest absolute Gasteiger partial charge is 0.497 e. The number of halogens is 1. The van der Waals surface area contributed by atoms with Gasteiger partial charge in [0.25, 0.3) is 0 Å². The van der Waals surface area contributed by atoms with Crippen molar-refractivity contribution in [3.63, 3.8) is 0 Å². The molecule has 110 valence electrons. The number of anilines is 1. The summed E-state index contributed by atoms with van der Waals surface area (Å²) in [6.07, 6.45) is 0. The summed E-state index contributed by atoms with van der Waals surface area (Å²) >= 11 is 3.36. The van der Waals surface area contributed by atoms with Gasteiger partial charge >= 0.3 is 0 Å². The van der Waals surface area contributed by atoms with E-state index >= 15 is 0 Å². The van der Waals surface area contributed by atoms with Gasteiger partial charge in [-0.2, -0.15) is 0 Å². The molecule has 0 aliphatic rings. The van der Waals surface area contributed by atoms with Crippen LogP contribution in [0.15, 0.2) is 53.0 Å². The van der Waals surface area contributed by atoms with Crippen LogP contribution in [0.2, 0.25) is 0 Å². The number of hydrogen-bond donors (Lipinski definition) is 1. The van der Waals surface area contributed by atoms with Crippen molar-refractivity contribution < 1.29 is 9.66 Å². The Morgan fingerprint density at radius 2 is 1.81 bits per heavy atom. The van der Waals surface area contributed by atoms with E-state index in [1.165, 1.54) is 0 Å². The molecule has 0 saturated heterocycles. The van der Waals surface area contributed by atoms with Crippen LogP contribution in [0.25, 0.3) is 0 Å². The van der Waals surface area contributed by atoms with Crippen molar-refractivity contribution in [2.45, 2.75) is 6.04 Å². The van der Waals surface area contributed by atoms with Gasteiger partial charge in [-0.1, -0.05) is 28.1 Å². The summed E-state index contributed by atoms with van der Waals surface area (Å²) in [5.41, 5.74) is 1.68. The average Bonchev–Trinajstić information content (AvgIpc) is 2.48. The van der Waals surface area contributed by atoms with Crippen LogP contribution < -0.4 is 10.1 Å². The third-order valence-corrected chi connectivity index (χ3v) is 3.56. The van der Waals surface area contributed by atoms with Crippen LogP contribution >= 0.6 is 15.9 Å². The number of rotatable bonds is 6. The fraction of sp³-hybridized carbons (Fsp3) is 0.200. The van der Waals surface area contributed by atoms with Crippen molar-refractivity contribution in [3.8, 4) is 5.75 Å². The normalized spacial score (nSPS) is 11.7. The lowest BCUT2D eigenvalue weighted by Crippen LogP contribution is -2.20. The smallest absolute Gasteiger partial charge is 0.227 e. The molecule has 5 nitrogen and oxygen atoms in total. The van der Waals surface area contributed by atoms with Crippen molar-refractivity contribution in [3.05, 3.63) is 68.7 Å². The minimum atomic E-state index is -0.388. The minimum Gasteiger partial charge on any atom is -0.497 e. The van der Waals surface area contributed by atoms with E-state index in [4.69, 9.17) is 4.74 Å².